The molecular weight excluding hydrogens is 1800 g/mol. The Morgan fingerprint density at radius 2 is 0.875 bits per heavy atom. The van der Waals surface area contributed by atoms with Crippen LogP contribution in [-0.4, -0.2) is 268 Å². The number of nitrogens with zero attached hydrogens (tertiary/aromatic N) is 2. The summed E-state index contributed by atoms with van der Waals surface area (Å²) in [4.78, 5) is 222. The average molecular weight is 1940 g/mol. The maximum absolute atomic E-state index is 14.5. The van der Waals surface area contributed by atoms with Crippen LogP contribution in [0.2, 0.25) is 0 Å². The van der Waals surface area contributed by atoms with Gasteiger partial charge in [0, 0.05) is 71.6 Å². The molecule has 752 valence electrons. The third kappa shape index (κ3) is 38.6. The number of aliphatic hydroxyl groups is 1. The zero-order valence-corrected chi connectivity index (χ0v) is 80.1. The maximum Gasteiger partial charge on any atom is 0.326 e. The summed E-state index contributed by atoms with van der Waals surface area (Å²) in [6.07, 6.45) is 2.61. The summed E-state index contributed by atoms with van der Waals surface area (Å²) in [5.74, 6) is -15.1. The third-order valence-electron chi connectivity index (χ3n) is 22.8. The molecule has 1 aliphatic carbocycles. The molecule has 44 heteroatoms. The molecule has 0 saturated carbocycles. The number of anilines is 1. The first kappa shape index (κ1) is 116. The van der Waals surface area contributed by atoms with E-state index in [-0.39, 0.29) is 114 Å². The topological polar surface area (TPSA) is 678 Å². The fourth-order valence-electron chi connectivity index (χ4n) is 14.8. The number of carboxylic acids is 1. The summed E-state index contributed by atoms with van der Waals surface area (Å²) in [5, 5.41) is 67.2. The molecule has 3 aromatic rings. The SMILES string of the molecule is CC[C@H](C)[C@H](NC(=O)[C@H](CCCCN)NC(=O)[C@H](CCCCN)NC(=O)CNC(=O)CNC(=O)[C@H](CCCCN)NC(=O)[C@H](CCCCN)NC(=O)CNC(=O)[C@H](CO)NC(=O)CNC(=O)c1ccccc1-c1c2ccc(=[N+](CC)CC)cc-2oc2cc(N(CC)CC)ccc12)C(=O)N[C@@H](CS)C(=O)N[C@@H](CCC(N)=O)C(=O)N[C@@H](CCCCN)C(=O)N[C@@H](Cc1ccc(O)cc1)C(=O)O.[Cl-]. The summed E-state index contributed by atoms with van der Waals surface area (Å²) in [6, 6.07) is 10.1. The van der Waals surface area contributed by atoms with Gasteiger partial charge in [0.2, 0.25) is 88.1 Å². The number of carboxylic acid groups (broad SMARTS) is 1. The number of amides is 15. The van der Waals surface area contributed by atoms with Gasteiger partial charge in [-0.3, -0.25) is 71.9 Å². The molecule has 0 radical (unpaired) electrons. The van der Waals surface area contributed by atoms with Crippen molar-refractivity contribution in [1.82, 2.24) is 79.0 Å². The van der Waals surface area contributed by atoms with Crippen LogP contribution >= 0.6 is 12.6 Å². The summed E-state index contributed by atoms with van der Waals surface area (Å²) in [7, 11) is 0. The molecule has 0 saturated heterocycles. The minimum Gasteiger partial charge on any atom is -1.00 e. The second-order valence-electron chi connectivity index (χ2n) is 32.7. The van der Waals surface area contributed by atoms with Gasteiger partial charge < -0.3 is 146 Å². The Morgan fingerprint density at radius 1 is 0.449 bits per heavy atom. The van der Waals surface area contributed by atoms with Gasteiger partial charge in [-0.1, -0.05) is 50.6 Å². The first-order chi connectivity index (χ1) is 64.7. The minimum atomic E-state index is -1.61. The molecule has 1 heterocycles. The number of halogens is 1. The van der Waals surface area contributed by atoms with Crippen molar-refractivity contribution in [2.24, 2.45) is 40.3 Å². The Labute approximate surface area is 803 Å². The molecule has 0 aromatic heterocycles. The number of fused-ring (bicyclic) bond motifs is 2. The average Bonchev–Trinajstić information content (AvgIpc) is 0.743. The number of benzene rings is 4. The van der Waals surface area contributed by atoms with Crippen molar-refractivity contribution in [3.05, 3.63) is 101 Å². The number of thiol groups is 1. The van der Waals surface area contributed by atoms with Crippen LogP contribution in [0.15, 0.2) is 89.3 Å². The van der Waals surface area contributed by atoms with Gasteiger partial charge in [-0.2, -0.15) is 12.6 Å². The number of phenolic OH excluding ortho intramolecular Hbond substituents is 1. The van der Waals surface area contributed by atoms with Crippen LogP contribution in [0.25, 0.3) is 33.4 Å². The monoisotopic (exact) mass is 1940 g/mol. The highest BCUT2D eigenvalue weighted by Gasteiger charge is 2.38. The third-order valence-corrected chi connectivity index (χ3v) is 23.1. The standard InChI is InChI=1S/C92H140N22O20S.ClH/c1-7-55(6)81(91(131)111-72(54-135)90(130)109-69(39-40-75(98)117)88(128)107-67(29-17-22-44-96)87(127)110-70(92(132)133)46-56-31-35-59(116)36-32-56)112-89(129)68(30-18-23-45-97)108-86(126)66(28-16-21-43-95)103-77(119)50-99-76(118)49-101-83(123)64(26-14-19-41-93)106-85(125)65(27-15-20-42-94)104-78(120)52-102-84(124)71(53-115)105-79(121)51-100-82(122)61-25-13-12-24-60(61)80-62-37-33-57(113(8-2)9-3)47-73(62)134-74-48-58(34-38-63(74)80)114(10-4)11-5;/h12-13,24-25,31-38,47-48,55,64-72,81,115H,7-11,14-23,26-30,39-46,49-54,93-97H2,1-6H3,(H18-,98,99,100,101,102,103,104,105,106,107,108,109,110,111,112,116,117,118,119,120,121,122,123,124,125,126,127,128,129,130,131,132,133,135);1H/t55-,64-,65-,66-,67-,68-,69-,70-,71-,72-,81-;/m0./s1. The Hall–Kier alpha value is -12.1. The molecule has 0 unspecified atom stereocenters. The fraction of sp³-hybridized carbons (Fsp3) is 0.554. The number of nitrogens with two attached hydrogens (primary N) is 6. The van der Waals surface area contributed by atoms with Gasteiger partial charge in [0.15, 0.2) is 0 Å². The van der Waals surface area contributed by atoms with E-state index in [1.807, 2.05) is 42.5 Å². The molecule has 1 aliphatic heterocycles. The van der Waals surface area contributed by atoms with Gasteiger partial charge in [0.25, 0.3) is 5.91 Å². The highest BCUT2D eigenvalue weighted by Crippen LogP contribution is 2.42. The summed E-state index contributed by atoms with van der Waals surface area (Å²) < 4.78 is 8.84. The first-order valence-electron chi connectivity index (χ1n) is 46.3. The van der Waals surface area contributed by atoms with Crippen LogP contribution in [0, 0.1) is 5.92 Å². The van der Waals surface area contributed by atoms with E-state index in [2.05, 4.69) is 124 Å². The Morgan fingerprint density at radius 3 is 1.34 bits per heavy atom. The normalized spacial score (nSPS) is 13.5. The minimum absolute atomic E-state index is 0. The number of rotatable bonds is 64. The van der Waals surface area contributed by atoms with E-state index in [0.29, 0.717) is 73.8 Å². The van der Waals surface area contributed by atoms with Gasteiger partial charge in [0.05, 0.1) is 38.9 Å². The number of hydrogen-bond donors (Lipinski definition) is 24. The Balaban J connectivity index is 0.0000386. The Bertz CT molecular complexity index is 4810. The van der Waals surface area contributed by atoms with E-state index in [0.717, 1.165) is 53.7 Å². The number of aliphatic carboxylic acids is 1. The Kier molecular flexibility index (Phi) is 53.4. The number of hydrogen-bond acceptors (Lipinski definition) is 26. The number of phenols is 1. The predicted molar refractivity (Wildman–Crippen MR) is 512 cm³/mol. The van der Waals surface area contributed by atoms with Crippen molar-refractivity contribution < 1.29 is 109 Å². The van der Waals surface area contributed by atoms with Crippen molar-refractivity contribution in [1.29, 1.82) is 0 Å². The van der Waals surface area contributed by atoms with Crippen molar-refractivity contribution in [3.63, 3.8) is 0 Å². The number of unbranched alkanes of at least 4 members (excludes halogenated alkanes) is 5. The van der Waals surface area contributed by atoms with E-state index in [1.54, 1.807) is 32.0 Å². The molecular formula is C92H141ClN22O20S. The number of primary amides is 1. The summed E-state index contributed by atoms with van der Waals surface area (Å²) in [6.45, 7) is 11.9. The number of aliphatic hydroxyl groups excluding tert-OH is 1. The molecule has 3 aromatic carbocycles. The van der Waals surface area contributed by atoms with E-state index >= 15 is 0 Å². The highest BCUT2D eigenvalue weighted by molar-refractivity contribution is 7.80. The lowest BCUT2D eigenvalue weighted by Crippen LogP contribution is -3.00. The summed E-state index contributed by atoms with van der Waals surface area (Å²) in [5.41, 5.74) is 38.6. The largest absolute Gasteiger partial charge is 1.00 e. The lowest BCUT2D eigenvalue weighted by molar-refractivity contribution is -0.142. The number of carbonyl (C=O) groups excluding carboxylic acids is 15. The number of aromatic hydroxyl groups is 1. The van der Waals surface area contributed by atoms with Crippen LogP contribution < -0.4 is 136 Å². The van der Waals surface area contributed by atoms with Crippen LogP contribution in [0.5, 0.6) is 5.75 Å². The highest BCUT2D eigenvalue weighted by atomic mass is 35.5. The molecule has 0 spiro atoms. The van der Waals surface area contributed by atoms with Crippen LogP contribution in [0.3, 0.4) is 0 Å². The zero-order valence-electron chi connectivity index (χ0n) is 78.4. The van der Waals surface area contributed by atoms with E-state index in [9.17, 15) is 92.0 Å². The molecule has 29 N–H and O–H groups in total. The lowest BCUT2D eigenvalue weighted by Gasteiger charge is -2.29. The molecule has 42 nitrogen and oxygen atoms in total. The second kappa shape index (κ2) is 62.5. The summed E-state index contributed by atoms with van der Waals surface area (Å²) >= 11 is 4.31. The van der Waals surface area contributed by atoms with Crippen molar-refractivity contribution in [2.45, 2.75) is 224 Å². The number of nitrogens with one attached hydrogen (secondary N) is 14. The quantitative estimate of drug-likeness (QED) is 0.00748. The van der Waals surface area contributed by atoms with E-state index < -0.39 is 212 Å². The van der Waals surface area contributed by atoms with Gasteiger partial charge in [-0.05, 0) is 217 Å². The zero-order chi connectivity index (χ0) is 99.6. The van der Waals surface area contributed by atoms with Gasteiger partial charge in [0.1, 0.15) is 90.6 Å². The predicted octanol–water partition coefficient (Wildman–Crippen LogP) is -5.30. The molecule has 5 rings (SSSR count). The van der Waals surface area contributed by atoms with Crippen LogP contribution in [0.4, 0.5) is 5.69 Å². The smallest absolute Gasteiger partial charge is 0.326 e. The van der Waals surface area contributed by atoms with Crippen molar-refractivity contribution >= 4 is 124 Å². The maximum atomic E-state index is 14.5. The van der Waals surface area contributed by atoms with Crippen LogP contribution in [-0.2, 0) is 78.3 Å². The lowest BCUT2D eigenvalue weighted by atomic mass is 9.90. The molecule has 0 fully saturated rings. The molecule has 2 aliphatic rings. The van der Waals surface area contributed by atoms with Gasteiger partial charge in [-0.15, -0.1) is 0 Å². The molecule has 0 bridgehead atoms. The first-order valence-corrected chi connectivity index (χ1v) is 46.9. The molecule has 15 amide bonds. The van der Waals surface area contributed by atoms with Crippen molar-refractivity contribution in [3.8, 4) is 28.2 Å². The van der Waals surface area contributed by atoms with Crippen LogP contribution in [0.1, 0.15) is 173 Å². The number of carbonyl (C=O) groups is 16. The molecule has 11 atom stereocenters. The van der Waals surface area contributed by atoms with E-state index in [4.69, 9.17) is 38.8 Å². The van der Waals surface area contributed by atoms with Gasteiger partial charge >= 0.3 is 5.97 Å². The molecule has 136 heavy (non-hydrogen) atoms. The van der Waals surface area contributed by atoms with Crippen molar-refractivity contribution in [2.75, 3.05) is 102 Å². The van der Waals surface area contributed by atoms with E-state index in [1.165, 1.54) is 24.3 Å². The van der Waals surface area contributed by atoms with Gasteiger partial charge in [-0.25, -0.2) is 9.37 Å². The fourth-order valence-corrected chi connectivity index (χ4v) is 15.1. The second-order valence-corrected chi connectivity index (χ2v) is 33.1.